The van der Waals surface area contributed by atoms with Gasteiger partial charge in [-0.15, -0.1) is 0 Å². The van der Waals surface area contributed by atoms with Crippen LogP contribution in [0.25, 0.3) is 0 Å². The van der Waals surface area contributed by atoms with Crippen LogP contribution in [0.2, 0.25) is 0 Å². The minimum Gasteiger partial charge on any atom is -0.508 e. The van der Waals surface area contributed by atoms with E-state index in [1.807, 2.05) is 0 Å². The fraction of sp³-hybridized carbons (Fsp3) is 0.655. The number of aromatic hydroxyl groups is 1. The number of phenolic OH excluding ortho intramolecular Hbond substituents is 1. The zero-order valence-electron chi connectivity index (χ0n) is 20.0. The highest BCUT2D eigenvalue weighted by Gasteiger charge is 2.55. The third-order valence-electron chi connectivity index (χ3n) is 9.39. The number of phenols is 1. The number of benzene rings is 1. The van der Waals surface area contributed by atoms with Gasteiger partial charge in [0.05, 0.1) is 11.8 Å². The van der Waals surface area contributed by atoms with Crippen LogP contribution >= 0.6 is 0 Å². The van der Waals surface area contributed by atoms with Crippen molar-refractivity contribution in [2.24, 2.45) is 22.7 Å². The Morgan fingerprint density at radius 1 is 0.647 bits per heavy atom. The van der Waals surface area contributed by atoms with Gasteiger partial charge in [-0.25, -0.2) is 0 Å². The number of carbonyl (C=O) groups is 4. The van der Waals surface area contributed by atoms with Crippen molar-refractivity contribution < 1.29 is 24.3 Å². The van der Waals surface area contributed by atoms with Crippen molar-refractivity contribution in [1.29, 1.82) is 0 Å². The van der Waals surface area contributed by atoms with Gasteiger partial charge < -0.3 is 5.11 Å². The summed E-state index contributed by atoms with van der Waals surface area (Å²) in [4.78, 5) is 54.5. The highest BCUT2D eigenvalue weighted by molar-refractivity contribution is 6.11. The van der Waals surface area contributed by atoms with Crippen LogP contribution in [0, 0.1) is 22.7 Å². The molecule has 0 amide bonds. The molecule has 1 aromatic rings. The molecule has 0 atom stereocenters. The van der Waals surface area contributed by atoms with Crippen LogP contribution in [-0.4, -0.2) is 28.2 Å². The average molecular weight is 465 g/mol. The molecule has 182 valence electrons. The molecule has 4 fully saturated rings. The Hall–Kier alpha value is -2.30. The van der Waals surface area contributed by atoms with Crippen molar-refractivity contribution in [3.8, 4) is 5.75 Å². The summed E-state index contributed by atoms with van der Waals surface area (Å²) in [5.74, 6) is -3.24. The second-order valence-corrected chi connectivity index (χ2v) is 11.8. The van der Waals surface area contributed by atoms with Crippen molar-refractivity contribution in [3.63, 3.8) is 0 Å². The molecule has 0 unspecified atom stereocenters. The standard InChI is InChI=1S/C29H36O5/c30-20-9-7-8-19(14-20)25(26-21(31)15-28(16-22(26)32)10-3-1-4-11-28)27-23(33)17-29(18-24(27)34)12-5-2-6-13-29/h7-9,14,25-27,30H,1-6,10-13,15-18H2. The van der Waals surface area contributed by atoms with Gasteiger partial charge in [0.1, 0.15) is 28.9 Å². The Morgan fingerprint density at radius 2 is 1.06 bits per heavy atom. The van der Waals surface area contributed by atoms with Gasteiger partial charge in [0.15, 0.2) is 0 Å². The molecule has 0 bridgehead atoms. The quantitative estimate of drug-likeness (QED) is 0.599. The van der Waals surface area contributed by atoms with Crippen LogP contribution < -0.4 is 0 Å². The van der Waals surface area contributed by atoms with E-state index in [4.69, 9.17) is 0 Å². The zero-order chi connectivity index (χ0) is 23.9. The van der Waals surface area contributed by atoms with Crippen LogP contribution in [0.4, 0.5) is 0 Å². The molecular formula is C29H36O5. The highest BCUT2D eigenvalue weighted by atomic mass is 16.3. The maximum absolute atomic E-state index is 13.6. The SMILES string of the molecule is O=C1CC2(CCCCC2)CC(=O)C1C(c1cccc(O)c1)C1C(=O)CC2(CCCCC2)CC1=O. The normalized spacial score (nSPS) is 28.4. The lowest BCUT2D eigenvalue weighted by Gasteiger charge is -2.46. The summed E-state index contributed by atoms with van der Waals surface area (Å²) in [5.41, 5.74) is 0.0792. The predicted molar refractivity (Wildman–Crippen MR) is 127 cm³/mol. The minimum absolute atomic E-state index is 0.0152. The van der Waals surface area contributed by atoms with Crippen molar-refractivity contribution in [1.82, 2.24) is 0 Å². The van der Waals surface area contributed by atoms with E-state index in [0.717, 1.165) is 64.2 Å². The van der Waals surface area contributed by atoms with Gasteiger partial charge in [-0.2, -0.15) is 0 Å². The predicted octanol–water partition coefficient (Wildman–Crippen LogP) is 5.47. The van der Waals surface area contributed by atoms with Crippen LogP contribution in [0.1, 0.15) is 101 Å². The van der Waals surface area contributed by atoms with Crippen LogP contribution in [0.3, 0.4) is 0 Å². The van der Waals surface area contributed by atoms with Crippen LogP contribution in [0.15, 0.2) is 24.3 Å². The van der Waals surface area contributed by atoms with Gasteiger partial charge in [-0.05, 0) is 54.2 Å². The van der Waals surface area contributed by atoms with E-state index in [1.165, 1.54) is 12.1 Å². The van der Waals surface area contributed by atoms with Gasteiger partial charge in [0, 0.05) is 31.6 Å². The van der Waals surface area contributed by atoms with Gasteiger partial charge in [0.2, 0.25) is 0 Å². The molecule has 34 heavy (non-hydrogen) atoms. The van der Waals surface area contributed by atoms with E-state index in [2.05, 4.69) is 0 Å². The number of carbonyl (C=O) groups excluding carboxylic acids is 4. The minimum atomic E-state index is -0.979. The molecule has 4 aliphatic rings. The molecule has 0 heterocycles. The topological polar surface area (TPSA) is 88.5 Å². The van der Waals surface area contributed by atoms with Crippen molar-refractivity contribution in [2.45, 2.75) is 95.8 Å². The lowest BCUT2D eigenvalue weighted by Crippen LogP contribution is -2.50. The first-order valence-corrected chi connectivity index (χ1v) is 13.2. The summed E-state index contributed by atoms with van der Waals surface area (Å²) in [5, 5.41) is 10.2. The molecule has 0 aromatic heterocycles. The smallest absolute Gasteiger partial charge is 0.144 e. The summed E-state index contributed by atoms with van der Waals surface area (Å²) >= 11 is 0. The summed E-state index contributed by atoms with van der Waals surface area (Å²) in [7, 11) is 0. The maximum atomic E-state index is 13.6. The molecule has 5 nitrogen and oxygen atoms in total. The van der Waals surface area contributed by atoms with E-state index in [1.54, 1.807) is 12.1 Å². The summed E-state index contributed by atoms with van der Waals surface area (Å²) in [6.07, 6.45) is 11.5. The monoisotopic (exact) mass is 464 g/mol. The number of hydrogen-bond donors (Lipinski definition) is 1. The highest BCUT2D eigenvalue weighted by Crippen LogP contribution is 2.53. The fourth-order valence-electron chi connectivity index (χ4n) is 7.82. The van der Waals surface area contributed by atoms with Crippen molar-refractivity contribution in [3.05, 3.63) is 29.8 Å². The van der Waals surface area contributed by atoms with Crippen molar-refractivity contribution in [2.75, 3.05) is 0 Å². The number of ketones is 4. The first-order valence-electron chi connectivity index (χ1n) is 13.2. The maximum Gasteiger partial charge on any atom is 0.144 e. The summed E-state index contributed by atoms with van der Waals surface area (Å²) in [6, 6.07) is 6.48. The average Bonchev–Trinajstić information content (AvgIpc) is 2.78. The largest absolute Gasteiger partial charge is 0.508 e. The molecule has 4 saturated carbocycles. The van der Waals surface area contributed by atoms with Gasteiger partial charge in [0.25, 0.3) is 0 Å². The Balaban J connectivity index is 1.49. The number of Topliss-reactive ketones (excluding diaryl/α,β-unsaturated/α-hetero) is 4. The molecule has 0 saturated heterocycles. The van der Waals surface area contributed by atoms with E-state index in [-0.39, 0.29) is 39.7 Å². The first-order chi connectivity index (χ1) is 16.3. The van der Waals surface area contributed by atoms with E-state index in [9.17, 15) is 24.3 Å². The Morgan fingerprint density at radius 3 is 1.44 bits per heavy atom. The van der Waals surface area contributed by atoms with Crippen LogP contribution in [-0.2, 0) is 19.2 Å². The van der Waals surface area contributed by atoms with Crippen LogP contribution in [0.5, 0.6) is 5.75 Å². The first kappa shape index (κ1) is 23.4. The molecule has 5 rings (SSSR count). The zero-order valence-corrected chi connectivity index (χ0v) is 20.0. The molecule has 1 aromatic carbocycles. The van der Waals surface area contributed by atoms with E-state index < -0.39 is 17.8 Å². The fourth-order valence-corrected chi connectivity index (χ4v) is 7.82. The molecule has 5 heteroatoms. The number of rotatable bonds is 3. The molecule has 0 aliphatic heterocycles. The lowest BCUT2D eigenvalue weighted by atomic mass is 9.55. The third kappa shape index (κ3) is 4.27. The summed E-state index contributed by atoms with van der Waals surface area (Å²) in [6.45, 7) is 0. The molecular weight excluding hydrogens is 428 g/mol. The lowest BCUT2D eigenvalue weighted by molar-refractivity contribution is -0.147. The van der Waals surface area contributed by atoms with Gasteiger partial charge in [-0.3, -0.25) is 19.2 Å². The second kappa shape index (κ2) is 9.05. The molecule has 1 N–H and O–H groups in total. The number of hydrogen-bond acceptors (Lipinski definition) is 5. The Bertz CT molecular complexity index is 898. The molecule has 2 spiro atoms. The van der Waals surface area contributed by atoms with Gasteiger partial charge in [-0.1, -0.05) is 50.7 Å². The molecule has 4 aliphatic carbocycles. The van der Waals surface area contributed by atoms with E-state index in [0.29, 0.717) is 31.2 Å². The van der Waals surface area contributed by atoms with E-state index >= 15 is 0 Å². The second-order valence-electron chi connectivity index (χ2n) is 11.8. The Kier molecular flexibility index (Phi) is 6.24. The Labute approximate surface area is 201 Å². The molecule has 0 radical (unpaired) electrons. The summed E-state index contributed by atoms with van der Waals surface area (Å²) < 4.78 is 0. The van der Waals surface area contributed by atoms with Crippen molar-refractivity contribution >= 4 is 23.1 Å². The third-order valence-corrected chi connectivity index (χ3v) is 9.39. The van der Waals surface area contributed by atoms with Gasteiger partial charge >= 0.3 is 0 Å².